The first kappa shape index (κ1) is 31.3. The molecule has 29 valence electrons. The van der Waals surface area contributed by atoms with Crippen LogP contribution >= 0.6 is 0 Å². The van der Waals surface area contributed by atoms with Crippen LogP contribution in [0.5, 0.6) is 0 Å². The van der Waals surface area contributed by atoms with Gasteiger partial charge in [0.1, 0.15) is 0 Å². The second-order valence-electron chi connectivity index (χ2n) is 0. The van der Waals surface area contributed by atoms with Gasteiger partial charge in [0, 0.05) is 22.4 Å². The molecule has 0 fully saturated rings. The Hall–Kier alpha value is 2.52. The molecular weight excluding hydrogens is 368 g/mol. The zero-order valence-electron chi connectivity index (χ0n) is 1.01. The van der Waals surface area contributed by atoms with Crippen molar-refractivity contribution in [1.82, 2.24) is 0 Å². The van der Waals surface area contributed by atoms with Crippen LogP contribution in [0.25, 0.3) is 0 Å². The second-order valence-corrected chi connectivity index (χ2v) is 0. The van der Waals surface area contributed by atoms with Crippen molar-refractivity contribution in [3.05, 3.63) is 0 Å². The van der Waals surface area contributed by atoms with E-state index in [1.807, 2.05) is 0 Å². The van der Waals surface area contributed by atoms with Crippen molar-refractivity contribution in [3.8, 4) is 0 Å². The molecule has 0 nitrogen and oxygen atoms in total. The molecule has 0 aromatic heterocycles. The van der Waals surface area contributed by atoms with Gasteiger partial charge in [-0.3, -0.25) is 0 Å². The molecule has 0 atom stereocenters. The van der Waals surface area contributed by atoms with E-state index in [2.05, 4.69) is 0 Å². The summed E-state index contributed by atoms with van der Waals surface area (Å²) in [6.45, 7) is 0. The van der Waals surface area contributed by atoms with Crippen molar-refractivity contribution in [3.63, 3.8) is 0 Å². The van der Waals surface area contributed by atoms with E-state index in [4.69, 9.17) is 0 Å². The Balaban J connectivity index is 0. The van der Waals surface area contributed by atoms with Gasteiger partial charge in [-0.25, -0.2) is 0 Å². The van der Waals surface area contributed by atoms with E-state index in [1.54, 1.807) is 0 Å². The summed E-state index contributed by atoms with van der Waals surface area (Å²) in [5.41, 5.74) is 0. The van der Waals surface area contributed by atoms with Gasteiger partial charge in [0.15, 0.2) is 0 Å². The standard InChI is InChI=1S/Au.Mg.H4Si.Sn.4H/h;;1H4;;;;;. The molecule has 3 radical (unpaired) electrons. The molecular formula is H8AuMgSiSn. The monoisotopic (exact) mass is 377 g/mol. The first-order chi connectivity index (χ1) is 0. The van der Waals surface area contributed by atoms with E-state index in [-0.39, 0.29) is 80.3 Å². The molecule has 0 unspecified atom stereocenters. The van der Waals surface area contributed by atoms with Crippen LogP contribution < -0.4 is 0 Å². The van der Waals surface area contributed by atoms with Crippen LogP contribution in [-0.2, 0) is 22.4 Å². The van der Waals surface area contributed by atoms with Gasteiger partial charge < -0.3 is 0 Å². The van der Waals surface area contributed by atoms with Gasteiger partial charge in [0.2, 0.25) is 0 Å². The first-order valence-corrected chi connectivity index (χ1v) is 0. The molecule has 0 saturated carbocycles. The molecule has 4 heteroatoms. The normalized spacial score (nSPS) is 0. The SMILES string of the molecule is [Au].[MgH2].[SiH4].[SnH2]. The molecule has 0 aromatic carbocycles. The van der Waals surface area contributed by atoms with Crippen LogP contribution in [0, 0.1) is 0 Å². The quantitative estimate of drug-likeness (QED) is 0.389. The van der Waals surface area contributed by atoms with Crippen molar-refractivity contribution in [2.45, 2.75) is 0 Å². The van der Waals surface area contributed by atoms with Crippen LogP contribution in [0.15, 0.2) is 0 Å². The van der Waals surface area contributed by atoms with Crippen molar-refractivity contribution in [2.24, 2.45) is 0 Å². The number of hydrogen-bond acceptors (Lipinski definition) is 0. The summed E-state index contributed by atoms with van der Waals surface area (Å²) in [6.07, 6.45) is 0. The predicted octanol–water partition coefficient (Wildman–Crippen LogP) is -3.29. The maximum atomic E-state index is 0. The van der Waals surface area contributed by atoms with Gasteiger partial charge in [0.25, 0.3) is 0 Å². The Morgan fingerprint density at radius 3 is 1.00 bits per heavy atom. The van der Waals surface area contributed by atoms with Crippen LogP contribution in [0.2, 0.25) is 0 Å². The fraction of sp³-hybridized carbons (Fsp3) is 0. The second kappa shape index (κ2) is 17.8. The summed E-state index contributed by atoms with van der Waals surface area (Å²) in [7, 11) is 0. The van der Waals surface area contributed by atoms with Gasteiger partial charge in [-0.05, 0) is 11.0 Å². The molecule has 0 bridgehead atoms. The molecule has 0 N–H and O–H groups in total. The predicted molar refractivity (Wildman–Crippen MR) is 28.4 cm³/mol. The summed E-state index contributed by atoms with van der Waals surface area (Å²) in [4.78, 5) is 0. The number of rotatable bonds is 0. The fourth-order valence-corrected chi connectivity index (χ4v) is 0. The van der Waals surface area contributed by atoms with E-state index in [1.165, 1.54) is 0 Å². The summed E-state index contributed by atoms with van der Waals surface area (Å²) in [5.74, 6) is 0. The maximum absolute atomic E-state index is 0. The molecule has 0 aromatic rings. The van der Waals surface area contributed by atoms with Gasteiger partial charge >= 0.3 is 47.0 Å². The van der Waals surface area contributed by atoms with Gasteiger partial charge in [-0.2, -0.15) is 0 Å². The molecule has 4 heavy (non-hydrogen) atoms. The Morgan fingerprint density at radius 2 is 1.00 bits per heavy atom. The molecule has 0 spiro atoms. The molecule has 0 aliphatic carbocycles. The Kier molecular flexibility index (Phi) is 139. The van der Waals surface area contributed by atoms with E-state index >= 15 is 0 Å². The zero-order valence-corrected chi connectivity index (χ0v) is 7.21. The Labute approximate surface area is 79.1 Å². The first-order valence-electron chi connectivity index (χ1n) is 0. The molecule has 0 aliphatic rings. The summed E-state index contributed by atoms with van der Waals surface area (Å²) >= 11 is 0. The third-order valence-electron chi connectivity index (χ3n) is 0. The van der Waals surface area contributed by atoms with Crippen LogP contribution in [0.4, 0.5) is 0 Å². The molecule has 0 heterocycles. The van der Waals surface area contributed by atoms with Crippen molar-refractivity contribution in [2.75, 3.05) is 0 Å². The van der Waals surface area contributed by atoms with Crippen LogP contribution in [0.1, 0.15) is 0 Å². The summed E-state index contributed by atoms with van der Waals surface area (Å²) in [6, 6.07) is 0. The minimum atomic E-state index is 0. The van der Waals surface area contributed by atoms with E-state index < -0.39 is 0 Å². The number of hydrogen-bond donors (Lipinski definition) is 0. The zero-order chi connectivity index (χ0) is 0. The summed E-state index contributed by atoms with van der Waals surface area (Å²) < 4.78 is 0. The summed E-state index contributed by atoms with van der Waals surface area (Å²) in [5, 5.41) is 0. The Morgan fingerprint density at radius 1 is 1.00 bits per heavy atom. The van der Waals surface area contributed by atoms with Gasteiger partial charge in [0.05, 0.1) is 0 Å². The third kappa shape index (κ3) is 8.82. The van der Waals surface area contributed by atoms with E-state index in [0.29, 0.717) is 0 Å². The average Bonchev–Trinajstić information content (AvgIpc) is 0. The van der Waals surface area contributed by atoms with E-state index in [0.717, 1.165) is 0 Å². The Bertz CT molecular complexity index is 8.00. The minimum absolute atomic E-state index is 0. The van der Waals surface area contributed by atoms with Crippen molar-refractivity contribution < 1.29 is 22.4 Å². The van der Waals surface area contributed by atoms with Crippen LogP contribution in [0.3, 0.4) is 0 Å². The van der Waals surface area contributed by atoms with Gasteiger partial charge in [-0.15, -0.1) is 0 Å². The average molecular weight is 376 g/mol. The van der Waals surface area contributed by atoms with Gasteiger partial charge in [-0.1, -0.05) is 0 Å². The topological polar surface area (TPSA) is 0 Å². The molecule has 0 amide bonds. The van der Waals surface area contributed by atoms with Crippen LogP contribution in [-0.4, -0.2) is 57.9 Å². The molecule has 0 aliphatic heterocycles. The van der Waals surface area contributed by atoms with Crippen molar-refractivity contribution in [1.29, 1.82) is 0 Å². The fourth-order valence-electron chi connectivity index (χ4n) is 0. The molecule has 0 saturated heterocycles. The van der Waals surface area contributed by atoms with Crippen molar-refractivity contribution >= 4 is 57.9 Å². The molecule has 0 rings (SSSR count). The third-order valence-corrected chi connectivity index (χ3v) is 0. The van der Waals surface area contributed by atoms with E-state index in [9.17, 15) is 0 Å².